The number of hydrogen-bond donors (Lipinski definition) is 0. The Balaban J connectivity index is 1.12. The van der Waals surface area contributed by atoms with Gasteiger partial charge in [-0.1, -0.05) is 23.8 Å². The molecule has 0 N–H and O–H groups in total. The highest BCUT2D eigenvalue weighted by Gasteiger charge is 2.34. The van der Waals surface area contributed by atoms with Crippen molar-refractivity contribution in [2.45, 2.75) is 31.2 Å². The van der Waals surface area contributed by atoms with Gasteiger partial charge in [0.05, 0.1) is 10.6 Å². The fraction of sp³-hybridized carbons (Fsp3) is 0.440. The van der Waals surface area contributed by atoms with E-state index in [2.05, 4.69) is 16.1 Å². The van der Waals surface area contributed by atoms with Crippen LogP contribution in [0.1, 0.15) is 24.1 Å². The summed E-state index contributed by atoms with van der Waals surface area (Å²) >= 11 is 0. The van der Waals surface area contributed by atoms with Crippen LogP contribution in [0.3, 0.4) is 0 Å². The van der Waals surface area contributed by atoms with E-state index in [1.165, 1.54) is 4.31 Å². The Labute approximate surface area is 200 Å². The van der Waals surface area contributed by atoms with Gasteiger partial charge in [-0.05, 0) is 44.0 Å². The molecule has 0 atom stereocenters. The first-order valence-electron chi connectivity index (χ1n) is 11.9. The van der Waals surface area contributed by atoms with Gasteiger partial charge < -0.3 is 9.30 Å². The number of amides is 1. The first-order valence-corrected chi connectivity index (χ1v) is 13.3. The van der Waals surface area contributed by atoms with Gasteiger partial charge in [-0.25, -0.2) is 13.4 Å². The molecule has 2 aromatic heterocycles. The average Bonchev–Trinajstić information content (AvgIpc) is 3.27. The van der Waals surface area contributed by atoms with Gasteiger partial charge in [0.25, 0.3) is 0 Å². The number of nitrogens with zero attached hydrogens (tertiary/aromatic N) is 5. The largest absolute Gasteiger partial charge is 0.340 e. The van der Waals surface area contributed by atoms with Crippen LogP contribution in [0.25, 0.3) is 5.65 Å². The summed E-state index contributed by atoms with van der Waals surface area (Å²) in [5.41, 5.74) is 3.01. The normalized spacial score (nSPS) is 19.0. The Morgan fingerprint density at radius 2 is 1.68 bits per heavy atom. The number of aryl methyl sites for hydroxylation is 1. The number of piperazine rings is 1. The van der Waals surface area contributed by atoms with Gasteiger partial charge in [-0.3, -0.25) is 9.69 Å². The number of fused-ring (bicyclic) bond motifs is 1. The van der Waals surface area contributed by atoms with Gasteiger partial charge in [0, 0.05) is 64.1 Å². The molecule has 0 spiro atoms. The Kier molecular flexibility index (Phi) is 6.42. The molecule has 5 rings (SSSR count). The first kappa shape index (κ1) is 23.0. The fourth-order valence-corrected chi connectivity index (χ4v) is 6.35. The van der Waals surface area contributed by atoms with Crippen LogP contribution in [-0.2, 0) is 21.4 Å². The van der Waals surface area contributed by atoms with Crippen LogP contribution in [0.5, 0.6) is 0 Å². The Morgan fingerprint density at radius 1 is 0.971 bits per heavy atom. The minimum Gasteiger partial charge on any atom is -0.340 e. The number of benzene rings is 1. The maximum Gasteiger partial charge on any atom is 0.243 e. The second-order valence-electron chi connectivity index (χ2n) is 9.29. The monoisotopic (exact) mass is 481 g/mol. The standard InChI is InChI=1S/C25H31N5O3S/c1-20-5-7-23(8-6-20)34(32,33)30-12-9-21(10-13-30)25(31)28-16-14-27(15-17-28)18-22-19-29-11-3-2-4-24(29)26-22/h2-8,11,19,21H,9-10,12-18H2,1H3. The second kappa shape index (κ2) is 9.48. The summed E-state index contributed by atoms with van der Waals surface area (Å²) in [4.78, 5) is 22.4. The maximum atomic E-state index is 13.1. The quantitative estimate of drug-likeness (QED) is 0.559. The molecule has 3 aromatic rings. The maximum absolute atomic E-state index is 13.1. The molecule has 0 unspecified atom stereocenters. The van der Waals surface area contributed by atoms with Crippen LogP contribution in [0.4, 0.5) is 0 Å². The molecule has 180 valence electrons. The molecule has 8 nitrogen and oxygen atoms in total. The SMILES string of the molecule is Cc1ccc(S(=O)(=O)N2CCC(C(=O)N3CCN(Cc4cn5ccccc5n4)CC3)CC2)cc1. The number of carbonyl (C=O) groups excluding carboxylic acids is 1. The predicted octanol–water partition coefficient (Wildman–Crippen LogP) is 2.39. The van der Waals surface area contributed by atoms with E-state index in [4.69, 9.17) is 0 Å². The molecule has 2 aliphatic rings. The van der Waals surface area contributed by atoms with E-state index in [9.17, 15) is 13.2 Å². The van der Waals surface area contributed by atoms with Gasteiger partial charge in [0.15, 0.2) is 0 Å². The molecule has 1 amide bonds. The minimum atomic E-state index is -3.51. The van der Waals surface area contributed by atoms with E-state index in [1.54, 1.807) is 12.1 Å². The molecule has 0 radical (unpaired) electrons. The van der Waals surface area contributed by atoms with Crippen molar-refractivity contribution in [2.24, 2.45) is 5.92 Å². The lowest BCUT2D eigenvalue weighted by molar-refractivity contribution is -0.138. The minimum absolute atomic E-state index is 0.102. The van der Waals surface area contributed by atoms with Gasteiger partial charge >= 0.3 is 0 Å². The number of carbonyl (C=O) groups is 1. The highest BCUT2D eigenvalue weighted by molar-refractivity contribution is 7.89. The van der Waals surface area contributed by atoms with Gasteiger partial charge in [-0.2, -0.15) is 4.31 Å². The van der Waals surface area contributed by atoms with E-state index in [0.717, 1.165) is 36.5 Å². The van der Waals surface area contributed by atoms with Crippen molar-refractivity contribution < 1.29 is 13.2 Å². The molecule has 0 bridgehead atoms. The van der Waals surface area contributed by atoms with Crippen LogP contribution >= 0.6 is 0 Å². The lowest BCUT2D eigenvalue weighted by Crippen LogP contribution is -2.51. The summed E-state index contributed by atoms with van der Waals surface area (Å²) in [5.74, 6) is 0.0641. The third-order valence-corrected chi connectivity index (χ3v) is 8.86. The van der Waals surface area contributed by atoms with Crippen molar-refractivity contribution in [3.8, 4) is 0 Å². The molecular formula is C25H31N5O3S. The molecule has 2 aliphatic heterocycles. The van der Waals surface area contributed by atoms with Crippen molar-refractivity contribution in [3.05, 3.63) is 66.1 Å². The predicted molar refractivity (Wildman–Crippen MR) is 130 cm³/mol. The number of aromatic nitrogens is 2. The lowest BCUT2D eigenvalue weighted by Gasteiger charge is -2.38. The van der Waals surface area contributed by atoms with Crippen molar-refractivity contribution >= 4 is 21.6 Å². The average molecular weight is 482 g/mol. The molecule has 9 heteroatoms. The number of hydrogen-bond acceptors (Lipinski definition) is 5. The zero-order valence-electron chi connectivity index (χ0n) is 19.5. The van der Waals surface area contributed by atoms with E-state index in [1.807, 2.05) is 52.8 Å². The van der Waals surface area contributed by atoms with Crippen LogP contribution in [0.2, 0.25) is 0 Å². The lowest BCUT2D eigenvalue weighted by atomic mass is 9.96. The molecule has 0 saturated carbocycles. The molecule has 2 saturated heterocycles. The topological polar surface area (TPSA) is 78.2 Å². The number of piperidine rings is 1. The highest BCUT2D eigenvalue weighted by Crippen LogP contribution is 2.26. The van der Waals surface area contributed by atoms with E-state index in [0.29, 0.717) is 43.9 Å². The molecule has 4 heterocycles. The van der Waals surface area contributed by atoms with Crippen molar-refractivity contribution in [2.75, 3.05) is 39.3 Å². The molecule has 34 heavy (non-hydrogen) atoms. The fourth-order valence-electron chi connectivity index (χ4n) is 4.88. The van der Waals surface area contributed by atoms with Crippen molar-refractivity contribution in [1.82, 2.24) is 23.5 Å². The summed E-state index contributed by atoms with van der Waals surface area (Å²) in [6.45, 7) is 6.54. The van der Waals surface area contributed by atoms with Gasteiger partial charge in [0.2, 0.25) is 15.9 Å². The smallest absolute Gasteiger partial charge is 0.243 e. The number of sulfonamides is 1. The highest BCUT2D eigenvalue weighted by atomic mass is 32.2. The van der Waals surface area contributed by atoms with E-state index in [-0.39, 0.29) is 11.8 Å². The van der Waals surface area contributed by atoms with Crippen LogP contribution in [0.15, 0.2) is 59.8 Å². The zero-order chi connectivity index (χ0) is 23.7. The molecule has 1 aromatic carbocycles. The summed E-state index contributed by atoms with van der Waals surface area (Å²) < 4.78 is 29.4. The molecule has 0 aliphatic carbocycles. The van der Waals surface area contributed by atoms with Crippen molar-refractivity contribution in [3.63, 3.8) is 0 Å². The third kappa shape index (κ3) is 4.73. The molecule has 2 fully saturated rings. The number of rotatable bonds is 5. The Morgan fingerprint density at radius 3 is 2.35 bits per heavy atom. The zero-order valence-corrected chi connectivity index (χ0v) is 20.3. The number of imidazole rings is 1. The summed E-state index contributed by atoms with van der Waals surface area (Å²) in [5, 5.41) is 0. The first-order chi connectivity index (χ1) is 16.4. The summed E-state index contributed by atoms with van der Waals surface area (Å²) in [6.07, 6.45) is 5.21. The van der Waals surface area contributed by atoms with Gasteiger partial charge in [-0.15, -0.1) is 0 Å². The third-order valence-electron chi connectivity index (χ3n) is 6.95. The van der Waals surface area contributed by atoms with Crippen LogP contribution in [-0.4, -0.2) is 77.1 Å². The van der Waals surface area contributed by atoms with E-state index >= 15 is 0 Å². The van der Waals surface area contributed by atoms with Crippen molar-refractivity contribution in [1.29, 1.82) is 0 Å². The second-order valence-corrected chi connectivity index (χ2v) is 11.2. The van der Waals surface area contributed by atoms with E-state index < -0.39 is 10.0 Å². The van der Waals surface area contributed by atoms with Crippen LogP contribution < -0.4 is 0 Å². The molecular weight excluding hydrogens is 450 g/mol. The summed E-state index contributed by atoms with van der Waals surface area (Å²) in [6, 6.07) is 12.9. The van der Waals surface area contributed by atoms with Crippen LogP contribution in [0, 0.1) is 12.8 Å². The summed E-state index contributed by atoms with van der Waals surface area (Å²) in [7, 11) is -3.51. The van der Waals surface area contributed by atoms with Gasteiger partial charge in [0.1, 0.15) is 5.65 Å². The Bertz CT molecular complexity index is 1220. The number of pyridine rings is 1. The Hall–Kier alpha value is -2.75.